The van der Waals surface area contributed by atoms with Crippen LogP contribution in [0.15, 0.2) is 43.0 Å². The maximum atomic E-state index is 9.06. The Labute approximate surface area is 129 Å². The number of unbranched alkanes of at least 4 members (excludes halogenated alkanes) is 1. The summed E-state index contributed by atoms with van der Waals surface area (Å²) >= 11 is 0. The first-order valence-corrected chi connectivity index (χ1v) is 8.19. The Morgan fingerprint density at radius 2 is 1.95 bits per heavy atom. The lowest BCUT2D eigenvalue weighted by Crippen LogP contribution is -2.24. The second-order valence-electron chi connectivity index (χ2n) is 5.59. The predicted octanol–water partition coefficient (Wildman–Crippen LogP) is 4.73. The Kier molecular flexibility index (Phi) is 9.84. The zero-order valence-electron chi connectivity index (χ0n) is 13.3. The summed E-state index contributed by atoms with van der Waals surface area (Å²) in [4.78, 5) is 0. The van der Waals surface area contributed by atoms with E-state index in [0.29, 0.717) is 12.5 Å². The van der Waals surface area contributed by atoms with Crippen molar-refractivity contribution in [2.45, 2.75) is 58.2 Å². The molecule has 0 aliphatic carbocycles. The normalized spacial score (nSPS) is 13.8. The Hall–Kier alpha value is -1.12. The maximum absolute atomic E-state index is 9.06. The van der Waals surface area contributed by atoms with E-state index in [0.717, 1.165) is 38.5 Å². The molecule has 0 saturated carbocycles. The van der Waals surface area contributed by atoms with E-state index in [1.807, 2.05) is 12.1 Å². The van der Waals surface area contributed by atoms with E-state index in [-0.39, 0.29) is 12.7 Å². The highest BCUT2D eigenvalue weighted by molar-refractivity contribution is 5.13. The second-order valence-corrected chi connectivity index (χ2v) is 5.59. The molecule has 0 fully saturated rings. The molecule has 0 spiro atoms. The molecule has 0 aliphatic heterocycles. The first-order chi connectivity index (χ1) is 10.3. The highest BCUT2D eigenvalue weighted by Gasteiger charge is 2.20. The third-order valence-corrected chi connectivity index (χ3v) is 3.99. The van der Waals surface area contributed by atoms with Crippen LogP contribution in [0.1, 0.15) is 51.0 Å². The van der Waals surface area contributed by atoms with Crippen LogP contribution in [0.25, 0.3) is 0 Å². The number of hydrogen-bond acceptors (Lipinski definition) is 2. The molecule has 2 nitrogen and oxygen atoms in total. The van der Waals surface area contributed by atoms with Crippen LogP contribution < -0.4 is 0 Å². The van der Waals surface area contributed by atoms with Gasteiger partial charge in [-0.25, -0.2) is 0 Å². The van der Waals surface area contributed by atoms with Crippen molar-refractivity contribution in [2.24, 2.45) is 5.92 Å². The molecule has 21 heavy (non-hydrogen) atoms. The molecule has 0 radical (unpaired) electrons. The Morgan fingerprint density at radius 1 is 1.19 bits per heavy atom. The van der Waals surface area contributed by atoms with Gasteiger partial charge in [-0.2, -0.15) is 0 Å². The van der Waals surface area contributed by atoms with E-state index in [4.69, 9.17) is 9.84 Å². The Balaban J connectivity index is 2.54. The lowest BCUT2D eigenvalue weighted by molar-refractivity contribution is -0.0108. The molecule has 1 N–H and O–H groups in total. The average Bonchev–Trinajstić information content (AvgIpc) is 2.53. The third-order valence-electron chi connectivity index (χ3n) is 3.99. The van der Waals surface area contributed by atoms with Gasteiger partial charge in [-0.05, 0) is 43.6 Å². The molecule has 1 aromatic rings. The van der Waals surface area contributed by atoms with Crippen molar-refractivity contribution in [1.82, 2.24) is 0 Å². The van der Waals surface area contributed by atoms with Crippen molar-refractivity contribution in [1.29, 1.82) is 0 Å². The number of benzene rings is 1. The lowest BCUT2D eigenvalue weighted by atomic mass is 9.90. The maximum Gasteiger partial charge on any atom is 0.0720 e. The van der Waals surface area contributed by atoms with Gasteiger partial charge in [0.15, 0.2) is 0 Å². The third kappa shape index (κ3) is 7.45. The number of allylic oxidation sites excluding steroid dienone is 1. The first-order valence-electron chi connectivity index (χ1n) is 8.19. The van der Waals surface area contributed by atoms with Gasteiger partial charge in [-0.1, -0.05) is 49.8 Å². The molecule has 2 atom stereocenters. The van der Waals surface area contributed by atoms with Crippen LogP contribution in [0.2, 0.25) is 0 Å². The van der Waals surface area contributed by atoms with Crippen molar-refractivity contribution in [3.8, 4) is 0 Å². The topological polar surface area (TPSA) is 29.5 Å². The van der Waals surface area contributed by atoms with Crippen LogP contribution in [0.4, 0.5) is 0 Å². The molecule has 0 aromatic heterocycles. The summed E-state index contributed by atoms with van der Waals surface area (Å²) in [5, 5.41) is 9.06. The van der Waals surface area contributed by atoms with Gasteiger partial charge >= 0.3 is 0 Å². The Morgan fingerprint density at radius 3 is 2.57 bits per heavy atom. The number of aliphatic hydroxyl groups is 1. The fourth-order valence-electron chi connectivity index (χ4n) is 2.70. The molecule has 0 aliphatic rings. The largest absolute Gasteiger partial charge is 0.396 e. The van der Waals surface area contributed by atoms with Crippen LogP contribution in [0, 0.1) is 5.92 Å². The molecule has 0 amide bonds. The molecule has 1 rings (SSSR count). The Bertz CT molecular complexity index is 361. The fraction of sp³-hybridized carbons (Fsp3) is 0.579. The van der Waals surface area contributed by atoms with Gasteiger partial charge in [0, 0.05) is 6.61 Å². The fourth-order valence-corrected chi connectivity index (χ4v) is 2.70. The van der Waals surface area contributed by atoms with Gasteiger partial charge in [0.2, 0.25) is 0 Å². The van der Waals surface area contributed by atoms with Crippen LogP contribution in [-0.4, -0.2) is 17.8 Å². The summed E-state index contributed by atoms with van der Waals surface area (Å²) in [6, 6.07) is 10.3. The average molecular weight is 290 g/mol. The summed E-state index contributed by atoms with van der Waals surface area (Å²) < 4.78 is 6.21. The second kappa shape index (κ2) is 11.5. The van der Waals surface area contributed by atoms with Crippen LogP contribution in [0.5, 0.6) is 0 Å². The van der Waals surface area contributed by atoms with E-state index < -0.39 is 0 Å². The quantitative estimate of drug-likeness (QED) is 0.445. The SMILES string of the molecule is C=CCCC[C@@H](OCc1ccccc1)[C@H](CC)CCCO. The zero-order chi connectivity index (χ0) is 15.3. The highest BCUT2D eigenvalue weighted by atomic mass is 16.5. The standard InChI is InChI=1S/C19H30O2/c1-3-5-7-14-19(18(4-2)13-10-15-20)21-16-17-11-8-6-9-12-17/h3,6,8-9,11-12,18-20H,1,4-5,7,10,13-16H2,2H3/t18-,19-/m1/s1. The lowest BCUT2D eigenvalue weighted by Gasteiger charge is -2.26. The number of aliphatic hydroxyl groups excluding tert-OH is 1. The van der Waals surface area contributed by atoms with Gasteiger partial charge in [0.25, 0.3) is 0 Å². The van der Waals surface area contributed by atoms with Gasteiger partial charge in [-0.3, -0.25) is 0 Å². The van der Waals surface area contributed by atoms with E-state index in [9.17, 15) is 0 Å². The highest BCUT2D eigenvalue weighted by Crippen LogP contribution is 2.24. The molecule has 118 valence electrons. The smallest absolute Gasteiger partial charge is 0.0720 e. The molecular weight excluding hydrogens is 260 g/mol. The molecule has 2 heteroatoms. The minimum Gasteiger partial charge on any atom is -0.396 e. The molecule has 0 saturated heterocycles. The zero-order valence-corrected chi connectivity index (χ0v) is 13.3. The first kappa shape index (κ1) is 17.9. The summed E-state index contributed by atoms with van der Waals surface area (Å²) in [6.07, 6.45) is 8.51. The summed E-state index contributed by atoms with van der Waals surface area (Å²) in [7, 11) is 0. The van der Waals surface area contributed by atoms with E-state index >= 15 is 0 Å². The number of ether oxygens (including phenoxy) is 1. The van der Waals surface area contributed by atoms with Gasteiger partial charge in [0.05, 0.1) is 12.7 Å². The van der Waals surface area contributed by atoms with Gasteiger partial charge < -0.3 is 9.84 Å². The monoisotopic (exact) mass is 290 g/mol. The van der Waals surface area contributed by atoms with Gasteiger partial charge in [-0.15, -0.1) is 6.58 Å². The van der Waals surface area contributed by atoms with Gasteiger partial charge in [0.1, 0.15) is 0 Å². The van der Waals surface area contributed by atoms with E-state index in [1.165, 1.54) is 5.56 Å². The van der Waals surface area contributed by atoms with Crippen molar-refractivity contribution >= 4 is 0 Å². The summed E-state index contributed by atoms with van der Waals surface area (Å²) in [6.45, 7) is 6.96. The molecule has 1 aromatic carbocycles. The van der Waals surface area contributed by atoms with Crippen molar-refractivity contribution in [2.75, 3.05) is 6.61 Å². The van der Waals surface area contributed by atoms with E-state index in [2.05, 4.69) is 37.8 Å². The number of rotatable bonds is 12. The molecule has 0 unspecified atom stereocenters. The number of hydrogen-bond donors (Lipinski definition) is 1. The van der Waals surface area contributed by atoms with Crippen molar-refractivity contribution < 1.29 is 9.84 Å². The van der Waals surface area contributed by atoms with Crippen molar-refractivity contribution in [3.63, 3.8) is 0 Å². The predicted molar refractivity (Wildman–Crippen MR) is 89.2 cm³/mol. The van der Waals surface area contributed by atoms with Crippen LogP contribution in [-0.2, 0) is 11.3 Å². The molecular formula is C19H30O2. The summed E-state index contributed by atoms with van der Waals surface area (Å²) in [5.74, 6) is 0.533. The van der Waals surface area contributed by atoms with Crippen LogP contribution >= 0.6 is 0 Å². The minimum atomic E-state index is 0.272. The van der Waals surface area contributed by atoms with E-state index in [1.54, 1.807) is 0 Å². The summed E-state index contributed by atoms with van der Waals surface area (Å²) in [5.41, 5.74) is 1.23. The van der Waals surface area contributed by atoms with Crippen LogP contribution in [0.3, 0.4) is 0 Å². The molecule has 0 bridgehead atoms. The minimum absolute atomic E-state index is 0.272. The molecule has 0 heterocycles. The van der Waals surface area contributed by atoms with Crippen molar-refractivity contribution in [3.05, 3.63) is 48.6 Å².